The van der Waals surface area contributed by atoms with Crippen molar-refractivity contribution in [2.45, 2.75) is 198 Å². The zero-order chi connectivity index (χ0) is 93.6. The lowest BCUT2D eigenvalue weighted by Gasteiger charge is -2.30. The maximum Gasteiger partial charge on any atom is 0.303 e. The SMILES string of the molecule is CC[C@H](C)[C@@H]1NC(=O)[C@H](CCCNC(=N)N)NC(=O)[C@H](C)NC(=O)[C@H](Cc2ccc(O)cc2)NC(=O)[C@H](Cc2c[nH]cn2)NC(=O)[C@H](Cc2c[nH]cn2)NC(=O)[C@H](Cc2ccc(O)cc2)NC(=O)CSC[C@@H](C(=O)NCC(N)=O)NC(=O)CNC(=O)[C@H](CC(C)C)NC(=O)[C@H](CCC(=O)O)NC(=O)CNC(=O)[C@H](Cc2ccc(O)cc2)NC(=O)[C@H](CC(C)C)NC1=O. The molecule has 5 aromatic rings. The minimum Gasteiger partial charge on any atom is -0.508 e. The number of carboxylic acid groups (broad SMARTS) is 1. The Hall–Kier alpha value is -13.9. The number of thioether (sulfide) groups is 1. The number of guanidine groups is 1. The number of nitrogens with zero attached hydrogens (tertiary/aromatic N) is 2. The summed E-state index contributed by atoms with van der Waals surface area (Å²) in [5.41, 5.74) is 12.4. The van der Waals surface area contributed by atoms with Crippen LogP contribution in [0.15, 0.2) is 97.8 Å². The lowest BCUT2D eigenvalue weighted by atomic mass is 9.96. The van der Waals surface area contributed by atoms with E-state index in [0.717, 1.165) is 11.8 Å². The van der Waals surface area contributed by atoms with Crippen molar-refractivity contribution in [2.75, 3.05) is 37.7 Å². The molecule has 16 amide bonds. The van der Waals surface area contributed by atoms with Crippen molar-refractivity contribution in [1.29, 1.82) is 5.41 Å². The first kappa shape index (κ1) is 102. The Morgan fingerprint density at radius 3 is 1.31 bits per heavy atom. The lowest BCUT2D eigenvalue weighted by molar-refractivity contribution is -0.138. The second-order valence-corrected chi connectivity index (χ2v) is 32.4. The summed E-state index contributed by atoms with van der Waals surface area (Å²) in [5.74, 6) is -20.6. The Balaban J connectivity index is 1.42. The molecule has 3 heterocycles. The van der Waals surface area contributed by atoms with Gasteiger partial charge >= 0.3 is 5.97 Å². The molecular weight excluding hydrogens is 1680 g/mol. The average molecular weight is 1790 g/mol. The standard InChI is InChI=1S/C82H115N23O21S/c1-8-44(6)69-81(126)104-57(27-43(4)5)77(122)100-58(28-46-11-17-51(106)18-12-46)72(117)91-36-65(110)95-55(23-24-68(113)114)74(119)99-56(26-42(2)3)71(116)90-37-66(111)97-63(73(118)89-35-64(83)109)38-127-39-67(112)96-59(29-47-13-19-52(107)20-14-47)78(123)102-62(32-50-34-87-41-93-50)80(125)103-61(31-49-33-86-40-92-49)79(124)101-60(30-48-15-21-53(108)22-16-48)76(121)94-45(7)70(115)98-54(75(120)105-69)10-9-25-88-82(84)85/h11-22,33-34,40-45,54-63,69,106-108H,8-10,23-32,35-39H2,1-7H3,(H2,83,109)(H,86,92)(H,87,93)(H,89,118)(H,90,116)(H,91,117)(H,94,121)(H,95,110)(H,96,112)(H,97,111)(H,98,115)(H,99,119)(H,100,122)(H,101,124)(H,102,123)(H,103,125)(H,104,126)(H,105,120)(H,113,114)(H4,84,85,88)/t44-,45-,54-,55-,56-,57-,58-,59-,60-,61-,62-,63-,69-/m0/s1. The number of carboxylic acids is 1. The molecule has 0 saturated carbocycles. The van der Waals surface area contributed by atoms with E-state index in [1.807, 2.05) is 0 Å². The first-order chi connectivity index (χ1) is 60.2. The van der Waals surface area contributed by atoms with Crippen molar-refractivity contribution in [3.8, 4) is 17.2 Å². The second-order valence-electron chi connectivity index (χ2n) is 31.3. The summed E-state index contributed by atoms with van der Waals surface area (Å²) in [4.78, 5) is 255. The third-order valence-electron chi connectivity index (χ3n) is 19.8. The highest BCUT2D eigenvalue weighted by atomic mass is 32.2. The van der Waals surface area contributed by atoms with Gasteiger partial charge < -0.3 is 127 Å². The number of carbonyl (C=O) groups excluding carboxylic acids is 16. The van der Waals surface area contributed by atoms with E-state index in [1.54, 1.807) is 41.5 Å². The van der Waals surface area contributed by atoms with Gasteiger partial charge in [0.05, 0.1) is 49.4 Å². The number of rotatable bonds is 26. The summed E-state index contributed by atoms with van der Waals surface area (Å²) in [6.45, 7) is 8.86. The van der Waals surface area contributed by atoms with Gasteiger partial charge in [-0.2, -0.15) is 0 Å². The monoisotopic (exact) mass is 1790 g/mol. The number of phenolic OH excluding ortho intramolecular Hbond substituents is 3. The molecule has 1 aliphatic rings. The molecule has 127 heavy (non-hydrogen) atoms. The van der Waals surface area contributed by atoms with Gasteiger partial charge in [-0.05, 0) is 110 Å². The molecule has 44 nitrogen and oxygen atoms in total. The molecule has 1 aliphatic heterocycles. The third kappa shape index (κ3) is 36.4. The van der Waals surface area contributed by atoms with Crippen LogP contribution in [0, 0.1) is 23.2 Å². The van der Waals surface area contributed by atoms with Crippen LogP contribution in [-0.2, 0) is 114 Å². The van der Waals surface area contributed by atoms with Crippen molar-refractivity contribution in [1.82, 2.24) is 105 Å². The number of carbonyl (C=O) groups is 17. The number of nitrogens with one attached hydrogen (secondary N) is 19. The summed E-state index contributed by atoms with van der Waals surface area (Å²) in [7, 11) is 0. The summed E-state index contributed by atoms with van der Waals surface area (Å²) in [5, 5.41) is 88.9. The van der Waals surface area contributed by atoms with E-state index in [1.165, 1.54) is 105 Å². The second kappa shape index (κ2) is 51.4. The average Bonchev–Trinajstić information content (AvgIpc) is 1.42. The number of aromatic nitrogens is 4. The third-order valence-corrected chi connectivity index (χ3v) is 20.9. The normalized spacial score (nSPS) is 22.7. The highest BCUT2D eigenvalue weighted by Gasteiger charge is 2.39. The maximum atomic E-state index is 15.1. The van der Waals surface area contributed by atoms with E-state index in [4.69, 9.17) is 16.9 Å². The lowest BCUT2D eigenvalue weighted by Crippen LogP contribution is -2.61. The molecule has 1 fully saturated rings. The number of nitrogens with two attached hydrogens (primary N) is 2. The molecular formula is C82H115N23O21S. The summed E-state index contributed by atoms with van der Waals surface area (Å²) in [6, 6.07) is -2.37. The summed E-state index contributed by atoms with van der Waals surface area (Å²) in [6.07, 6.45) is 2.27. The van der Waals surface area contributed by atoms with Crippen molar-refractivity contribution in [2.24, 2.45) is 29.2 Å². The van der Waals surface area contributed by atoms with Gasteiger partial charge in [0.25, 0.3) is 0 Å². The molecule has 0 radical (unpaired) electrons. The van der Waals surface area contributed by atoms with Gasteiger partial charge in [-0.15, -0.1) is 11.8 Å². The number of imidazole rings is 2. The minimum absolute atomic E-state index is 0.00164. The number of phenols is 3. The zero-order valence-corrected chi connectivity index (χ0v) is 72.1. The van der Waals surface area contributed by atoms with Gasteiger partial charge in [0.15, 0.2) is 5.96 Å². The Labute approximate surface area is 735 Å². The molecule has 45 heteroatoms. The van der Waals surface area contributed by atoms with E-state index >= 15 is 9.59 Å². The van der Waals surface area contributed by atoms with Crippen LogP contribution >= 0.6 is 11.8 Å². The molecule has 0 bridgehead atoms. The summed E-state index contributed by atoms with van der Waals surface area (Å²) >= 11 is 0.734. The van der Waals surface area contributed by atoms with E-state index in [-0.39, 0.29) is 111 Å². The van der Waals surface area contributed by atoms with Gasteiger partial charge in [0.1, 0.15) is 89.8 Å². The predicted molar refractivity (Wildman–Crippen MR) is 459 cm³/mol. The molecule has 0 unspecified atom stereocenters. The van der Waals surface area contributed by atoms with Crippen LogP contribution in [0.3, 0.4) is 0 Å². The Morgan fingerprint density at radius 2 is 0.858 bits per heavy atom. The molecule has 6 rings (SSSR count). The number of benzene rings is 3. The molecule has 690 valence electrons. The van der Waals surface area contributed by atoms with Gasteiger partial charge in [-0.1, -0.05) is 84.4 Å². The molecule has 2 aromatic heterocycles. The predicted octanol–water partition coefficient (Wildman–Crippen LogP) is -4.55. The minimum atomic E-state index is -1.71. The fourth-order valence-electron chi connectivity index (χ4n) is 12.9. The number of H-pyrrole nitrogens is 2. The van der Waals surface area contributed by atoms with Gasteiger partial charge in [-0.25, -0.2) is 9.97 Å². The van der Waals surface area contributed by atoms with Crippen LogP contribution in [0.1, 0.15) is 121 Å². The van der Waals surface area contributed by atoms with Crippen LogP contribution in [0.5, 0.6) is 17.2 Å². The van der Waals surface area contributed by atoms with Crippen LogP contribution in [0.25, 0.3) is 0 Å². The van der Waals surface area contributed by atoms with Gasteiger partial charge in [-0.3, -0.25) is 86.9 Å². The first-order valence-electron chi connectivity index (χ1n) is 41.1. The fraction of sp³-hybridized carbons (Fsp3) is 0.488. The van der Waals surface area contributed by atoms with Crippen LogP contribution in [0.4, 0.5) is 0 Å². The number of aromatic hydroxyl groups is 3. The van der Waals surface area contributed by atoms with E-state index in [9.17, 15) is 92.3 Å². The van der Waals surface area contributed by atoms with Crippen molar-refractivity contribution in [3.63, 3.8) is 0 Å². The zero-order valence-electron chi connectivity index (χ0n) is 71.3. The number of aromatic amines is 2. The highest BCUT2D eigenvalue weighted by Crippen LogP contribution is 2.19. The number of hydrogen-bond donors (Lipinski definition) is 25. The van der Waals surface area contributed by atoms with E-state index in [2.05, 4.69) is 105 Å². The maximum absolute atomic E-state index is 15.1. The fourth-order valence-corrected chi connectivity index (χ4v) is 13.8. The molecule has 1 saturated heterocycles. The van der Waals surface area contributed by atoms with Crippen LogP contribution < -0.4 is 96.5 Å². The smallest absolute Gasteiger partial charge is 0.303 e. The Kier molecular flexibility index (Phi) is 41.2. The van der Waals surface area contributed by atoms with Crippen molar-refractivity contribution >= 4 is 118 Å². The van der Waals surface area contributed by atoms with Crippen molar-refractivity contribution in [3.05, 3.63) is 126 Å². The number of hydrogen-bond acceptors (Lipinski definition) is 24. The number of primary amides is 1. The molecule has 13 atom stereocenters. The topological polar surface area (TPSA) is 697 Å². The highest BCUT2D eigenvalue weighted by molar-refractivity contribution is 8.00. The molecule has 0 aliphatic carbocycles. The Morgan fingerprint density at radius 1 is 0.472 bits per heavy atom. The van der Waals surface area contributed by atoms with E-state index in [0.29, 0.717) is 16.7 Å². The first-order valence-corrected chi connectivity index (χ1v) is 42.3. The Bertz CT molecular complexity index is 4600. The number of amides is 16. The van der Waals surface area contributed by atoms with Crippen LogP contribution in [0.2, 0.25) is 0 Å². The van der Waals surface area contributed by atoms with Gasteiger partial charge in [0, 0.05) is 63.2 Å². The van der Waals surface area contributed by atoms with Crippen LogP contribution in [-0.4, -0.2) is 257 Å². The largest absolute Gasteiger partial charge is 0.508 e. The molecule has 3 aromatic carbocycles. The van der Waals surface area contributed by atoms with Gasteiger partial charge in [0.2, 0.25) is 94.5 Å². The molecule has 0 spiro atoms. The molecule has 27 N–H and O–H groups in total. The number of aliphatic carboxylic acids is 1. The van der Waals surface area contributed by atoms with Crippen molar-refractivity contribution < 1.29 is 102 Å². The summed E-state index contributed by atoms with van der Waals surface area (Å²) < 4.78 is 0. The van der Waals surface area contributed by atoms with E-state index < -0.39 is 229 Å². The quantitative estimate of drug-likeness (QED) is 0.0141.